The molecule has 23 heavy (non-hydrogen) atoms. The van der Waals surface area contributed by atoms with Gasteiger partial charge in [-0.15, -0.1) is 21.6 Å². The summed E-state index contributed by atoms with van der Waals surface area (Å²) in [6.07, 6.45) is 3.75. The van der Waals surface area contributed by atoms with Crippen LogP contribution in [0.3, 0.4) is 0 Å². The van der Waals surface area contributed by atoms with Crippen LogP contribution in [0.1, 0.15) is 5.69 Å². The van der Waals surface area contributed by atoms with E-state index in [1.807, 2.05) is 34.2 Å². The molecule has 0 fully saturated rings. The summed E-state index contributed by atoms with van der Waals surface area (Å²) in [6, 6.07) is 7.28. The largest absolute Gasteiger partial charge is 0.493 e. The van der Waals surface area contributed by atoms with Gasteiger partial charge in [-0.25, -0.2) is 4.98 Å². The van der Waals surface area contributed by atoms with Crippen LogP contribution >= 0.6 is 11.3 Å². The number of fused-ring (bicyclic) bond motifs is 2. The summed E-state index contributed by atoms with van der Waals surface area (Å²) in [5.41, 5.74) is 1.64. The Morgan fingerprint density at radius 3 is 3.13 bits per heavy atom. The van der Waals surface area contributed by atoms with Crippen LogP contribution in [0, 0.1) is 0 Å². The lowest BCUT2D eigenvalue weighted by molar-refractivity contribution is -0.117. The molecule has 0 saturated carbocycles. The number of aromatic nitrogens is 3. The number of carbonyl (C=O) groups is 1. The molecule has 0 unspecified atom stereocenters. The minimum Gasteiger partial charge on any atom is -0.493 e. The van der Waals surface area contributed by atoms with Crippen LogP contribution in [0.25, 0.3) is 15.9 Å². The Kier molecular flexibility index (Phi) is 3.16. The minimum absolute atomic E-state index is 0.0705. The number of carbonyl (C=O) groups excluding carboxylic acids is 1. The van der Waals surface area contributed by atoms with Gasteiger partial charge in [-0.1, -0.05) is 18.2 Å². The molecular weight excluding hydrogens is 314 g/mol. The lowest BCUT2D eigenvalue weighted by Gasteiger charge is -1.92. The number of H-pyrrole nitrogens is 1. The fourth-order valence-electron chi connectivity index (χ4n) is 2.37. The highest BCUT2D eigenvalue weighted by molar-refractivity contribution is 7.15. The zero-order valence-corrected chi connectivity index (χ0v) is 12.6. The van der Waals surface area contributed by atoms with Gasteiger partial charge in [0.25, 0.3) is 5.91 Å². The van der Waals surface area contributed by atoms with Gasteiger partial charge in [0.05, 0.1) is 17.6 Å². The van der Waals surface area contributed by atoms with Crippen LogP contribution in [-0.4, -0.2) is 25.4 Å². The average Bonchev–Trinajstić information content (AvgIpc) is 3.17. The van der Waals surface area contributed by atoms with Gasteiger partial charge in [0.15, 0.2) is 10.6 Å². The number of aromatic hydroxyl groups is 1. The van der Waals surface area contributed by atoms with Crippen molar-refractivity contribution >= 4 is 38.8 Å². The molecule has 0 bridgehead atoms. The molecule has 1 aromatic carbocycles. The van der Waals surface area contributed by atoms with Crippen LogP contribution in [0.5, 0.6) is 5.88 Å². The highest BCUT2D eigenvalue weighted by Crippen LogP contribution is 2.35. The number of nitrogens with one attached hydrogen (secondary N) is 1. The first kappa shape index (κ1) is 13.6. The second-order valence-electron chi connectivity index (χ2n) is 4.96. The fourth-order valence-corrected chi connectivity index (χ4v) is 3.09. The molecule has 0 saturated heterocycles. The van der Waals surface area contributed by atoms with Crippen LogP contribution < -0.4 is 0 Å². The lowest BCUT2D eigenvalue weighted by Crippen LogP contribution is -1.98. The number of azo groups is 1. The number of amides is 1. The number of rotatable bonds is 3. The molecule has 7 nitrogen and oxygen atoms in total. The van der Waals surface area contributed by atoms with E-state index in [2.05, 4.69) is 20.2 Å². The van der Waals surface area contributed by atoms with E-state index in [4.69, 9.17) is 0 Å². The third-order valence-corrected chi connectivity index (χ3v) is 4.17. The van der Waals surface area contributed by atoms with E-state index in [1.165, 1.54) is 11.3 Å². The first-order chi connectivity index (χ1) is 11.2. The van der Waals surface area contributed by atoms with Crippen molar-refractivity contribution in [1.29, 1.82) is 0 Å². The minimum atomic E-state index is -0.416. The van der Waals surface area contributed by atoms with E-state index >= 15 is 0 Å². The summed E-state index contributed by atoms with van der Waals surface area (Å²) >= 11 is 1.50. The van der Waals surface area contributed by atoms with Crippen LogP contribution in [0.15, 0.2) is 52.3 Å². The molecule has 4 aromatic rings. The van der Waals surface area contributed by atoms with Crippen molar-refractivity contribution in [2.24, 2.45) is 10.2 Å². The molecule has 0 aliphatic carbocycles. The summed E-state index contributed by atoms with van der Waals surface area (Å²) < 4.78 is 1.86. The average molecular weight is 325 g/mol. The van der Waals surface area contributed by atoms with Gasteiger partial charge < -0.3 is 10.1 Å². The lowest BCUT2D eigenvalue weighted by atomic mass is 10.2. The standard InChI is InChI=1S/C15H11N5O2S/c21-12(7-9-8-20-5-6-23-15(20)16-9)18-19-13-10-3-1-2-4-11(10)17-14(13)22/h1-6,8,17,22H,7H2. The first-order valence-corrected chi connectivity index (χ1v) is 7.74. The van der Waals surface area contributed by atoms with Crippen molar-refractivity contribution < 1.29 is 9.90 Å². The number of thiazole rings is 1. The number of hydrogen-bond acceptors (Lipinski definition) is 5. The van der Waals surface area contributed by atoms with Gasteiger partial charge in [-0.2, -0.15) is 0 Å². The summed E-state index contributed by atoms with van der Waals surface area (Å²) in [6.45, 7) is 0. The molecule has 8 heteroatoms. The summed E-state index contributed by atoms with van der Waals surface area (Å²) in [4.78, 5) is 19.9. The Labute approximate surface area is 133 Å². The molecule has 114 valence electrons. The molecule has 2 N–H and O–H groups in total. The van der Waals surface area contributed by atoms with Crippen LogP contribution in [0.4, 0.5) is 5.69 Å². The normalized spacial score (nSPS) is 11.8. The molecule has 0 radical (unpaired) electrons. The Morgan fingerprint density at radius 2 is 2.26 bits per heavy atom. The number of nitrogens with zero attached hydrogens (tertiary/aromatic N) is 4. The molecule has 0 aliphatic heterocycles. The molecule has 3 heterocycles. The quantitative estimate of drug-likeness (QED) is 0.565. The zero-order valence-electron chi connectivity index (χ0n) is 11.8. The van der Waals surface area contributed by atoms with E-state index in [-0.39, 0.29) is 18.0 Å². The van der Waals surface area contributed by atoms with E-state index < -0.39 is 5.91 Å². The smallest absolute Gasteiger partial charge is 0.270 e. The summed E-state index contributed by atoms with van der Waals surface area (Å²) in [5.74, 6) is -0.523. The Bertz CT molecular complexity index is 1010. The maximum absolute atomic E-state index is 12.0. The number of hydrogen-bond donors (Lipinski definition) is 2. The predicted octanol–water partition coefficient (Wildman–Crippen LogP) is 3.44. The molecule has 3 aromatic heterocycles. The van der Waals surface area contributed by atoms with Gasteiger partial charge in [-0.05, 0) is 6.07 Å². The van der Waals surface area contributed by atoms with Gasteiger partial charge in [0.2, 0.25) is 5.88 Å². The van der Waals surface area contributed by atoms with Gasteiger partial charge >= 0.3 is 0 Å². The van der Waals surface area contributed by atoms with Crippen molar-refractivity contribution in [3.63, 3.8) is 0 Å². The zero-order chi connectivity index (χ0) is 15.8. The Hall–Kier alpha value is -3.00. The number of para-hydroxylation sites is 1. The van der Waals surface area contributed by atoms with E-state index in [0.717, 1.165) is 10.5 Å². The van der Waals surface area contributed by atoms with E-state index in [0.29, 0.717) is 11.1 Å². The maximum Gasteiger partial charge on any atom is 0.270 e. The van der Waals surface area contributed by atoms with Crippen molar-refractivity contribution in [2.75, 3.05) is 0 Å². The Balaban J connectivity index is 1.56. The monoisotopic (exact) mass is 325 g/mol. The number of benzene rings is 1. The molecule has 0 atom stereocenters. The number of imidazole rings is 1. The van der Waals surface area contributed by atoms with Crippen molar-refractivity contribution in [1.82, 2.24) is 14.4 Å². The molecule has 0 spiro atoms. The Morgan fingerprint density at radius 1 is 1.39 bits per heavy atom. The fraction of sp³-hybridized carbons (Fsp3) is 0.0667. The van der Waals surface area contributed by atoms with Crippen LogP contribution in [-0.2, 0) is 11.2 Å². The molecular formula is C15H11N5O2S. The highest BCUT2D eigenvalue weighted by Gasteiger charge is 2.11. The summed E-state index contributed by atoms with van der Waals surface area (Å²) in [5, 5.41) is 20.1. The van der Waals surface area contributed by atoms with Crippen molar-refractivity contribution in [2.45, 2.75) is 6.42 Å². The van der Waals surface area contributed by atoms with Crippen molar-refractivity contribution in [3.05, 3.63) is 47.7 Å². The first-order valence-electron chi connectivity index (χ1n) is 6.86. The van der Waals surface area contributed by atoms with E-state index in [1.54, 1.807) is 12.3 Å². The molecule has 4 rings (SSSR count). The molecule has 1 amide bonds. The third-order valence-electron chi connectivity index (χ3n) is 3.40. The predicted molar refractivity (Wildman–Crippen MR) is 86.3 cm³/mol. The molecule has 0 aliphatic rings. The van der Waals surface area contributed by atoms with Gasteiger partial charge in [-0.3, -0.25) is 9.20 Å². The topological polar surface area (TPSA) is 95.1 Å². The summed E-state index contributed by atoms with van der Waals surface area (Å²) in [7, 11) is 0. The van der Waals surface area contributed by atoms with Gasteiger partial charge in [0, 0.05) is 23.2 Å². The SMILES string of the molecule is O=C(Cc1cn2ccsc2n1)N=Nc1c(O)[nH]c2ccccc12. The van der Waals surface area contributed by atoms with E-state index in [9.17, 15) is 9.90 Å². The number of aromatic amines is 1. The second kappa shape index (κ2) is 5.33. The second-order valence-corrected chi connectivity index (χ2v) is 5.84. The highest BCUT2D eigenvalue weighted by atomic mass is 32.1. The van der Waals surface area contributed by atoms with Gasteiger partial charge in [0.1, 0.15) is 0 Å². The maximum atomic E-state index is 12.0. The third kappa shape index (κ3) is 2.49. The van der Waals surface area contributed by atoms with Crippen molar-refractivity contribution in [3.8, 4) is 5.88 Å². The van der Waals surface area contributed by atoms with Crippen LogP contribution in [0.2, 0.25) is 0 Å².